The van der Waals surface area contributed by atoms with Gasteiger partial charge in [0.1, 0.15) is 29.9 Å². The van der Waals surface area contributed by atoms with E-state index in [0.717, 1.165) is 37.7 Å². The molecule has 2 N–H and O–H groups in total. The molecule has 4 rings (SSSR count). The maximum Gasteiger partial charge on any atom is 0.137 e. The third-order valence-corrected chi connectivity index (χ3v) is 6.18. The lowest BCUT2D eigenvalue weighted by Crippen LogP contribution is -2.55. The maximum atomic E-state index is 14.7. The second kappa shape index (κ2) is 9.11. The van der Waals surface area contributed by atoms with Crippen molar-refractivity contribution >= 4 is 5.69 Å². The molecule has 0 amide bonds. The van der Waals surface area contributed by atoms with Crippen LogP contribution in [-0.4, -0.2) is 49.9 Å². The largest absolute Gasteiger partial charge is 0.382 e. The SMILES string of the molecule is C[C@@H](N1CCC(Nc2ccccc2)CC1)[C@](O)(Cn1cncn1)c1ccc(F)cc1F. The van der Waals surface area contributed by atoms with Crippen LogP contribution in [0.2, 0.25) is 0 Å². The number of aromatic nitrogens is 3. The van der Waals surface area contributed by atoms with Gasteiger partial charge in [0, 0.05) is 42.5 Å². The van der Waals surface area contributed by atoms with Gasteiger partial charge in [-0.05, 0) is 38.0 Å². The van der Waals surface area contributed by atoms with Gasteiger partial charge in [-0.2, -0.15) is 5.10 Å². The lowest BCUT2D eigenvalue weighted by Gasteiger charge is -2.44. The fraction of sp³-hybridized carbons (Fsp3) is 0.391. The highest BCUT2D eigenvalue weighted by Crippen LogP contribution is 2.34. The predicted molar refractivity (Wildman–Crippen MR) is 114 cm³/mol. The molecule has 31 heavy (non-hydrogen) atoms. The van der Waals surface area contributed by atoms with E-state index in [1.54, 1.807) is 0 Å². The van der Waals surface area contributed by atoms with Crippen molar-refractivity contribution in [2.45, 2.75) is 44.0 Å². The van der Waals surface area contributed by atoms with Crippen molar-refractivity contribution in [3.63, 3.8) is 0 Å². The molecule has 0 aliphatic carbocycles. The minimum Gasteiger partial charge on any atom is -0.382 e. The standard InChI is InChI=1S/C23H27F2N5O/c1-17(29-11-9-20(10-12-29)28-19-5-3-2-4-6-19)23(31,14-30-16-26-15-27-30)21-8-7-18(24)13-22(21)25/h2-8,13,15-17,20,28,31H,9-12,14H2,1H3/t17-,23-/m1/s1. The fourth-order valence-corrected chi connectivity index (χ4v) is 4.35. The number of piperidine rings is 1. The Bertz CT molecular complexity index is 977. The van der Waals surface area contributed by atoms with Crippen molar-refractivity contribution in [1.29, 1.82) is 0 Å². The van der Waals surface area contributed by atoms with Crippen LogP contribution in [0.15, 0.2) is 61.2 Å². The number of nitrogens with one attached hydrogen (secondary N) is 1. The van der Waals surface area contributed by atoms with Crippen LogP contribution in [0, 0.1) is 11.6 Å². The van der Waals surface area contributed by atoms with E-state index in [0.29, 0.717) is 6.04 Å². The summed E-state index contributed by atoms with van der Waals surface area (Å²) in [6, 6.07) is 13.3. The van der Waals surface area contributed by atoms with E-state index in [9.17, 15) is 13.9 Å². The summed E-state index contributed by atoms with van der Waals surface area (Å²) >= 11 is 0. The Morgan fingerprint density at radius 2 is 1.90 bits per heavy atom. The smallest absolute Gasteiger partial charge is 0.137 e. The number of benzene rings is 2. The third kappa shape index (κ3) is 4.75. The minimum atomic E-state index is -1.61. The first kappa shape index (κ1) is 21.4. The van der Waals surface area contributed by atoms with Crippen molar-refractivity contribution in [1.82, 2.24) is 19.7 Å². The Balaban J connectivity index is 1.51. The van der Waals surface area contributed by atoms with Crippen LogP contribution in [0.1, 0.15) is 25.3 Å². The highest BCUT2D eigenvalue weighted by Gasteiger charge is 2.42. The van der Waals surface area contributed by atoms with E-state index in [1.165, 1.54) is 29.5 Å². The van der Waals surface area contributed by atoms with Gasteiger partial charge in [0.25, 0.3) is 0 Å². The van der Waals surface area contributed by atoms with Crippen LogP contribution < -0.4 is 5.32 Å². The molecule has 164 valence electrons. The Kier molecular flexibility index (Phi) is 6.29. The van der Waals surface area contributed by atoms with Gasteiger partial charge in [-0.1, -0.05) is 24.3 Å². The zero-order chi connectivity index (χ0) is 21.8. The summed E-state index contributed by atoms with van der Waals surface area (Å²) in [5.74, 6) is -1.44. The van der Waals surface area contributed by atoms with Crippen LogP contribution in [0.3, 0.4) is 0 Å². The molecule has 6 nitrogen and oxygen atoms in total. The Hall–Kier alpha value is -2.84. The highest BCUT2D eigenvalue weighted by atomic mass is 19.1. The molecule has 2 atom stereocenters. The molecule has 1 aromatic heterocycles. The Labute approximate surface area is 180 Å². The van der Waals surface area contributed by atoms with Gasteiger partial charge in [-0.25, -0.2) is 18.4 Å². The molecule has 2 heterocycles. The quantitative estimate of drug-likeness (QED) is 0.605. The van der Waals surface area contributed by atoms with Gasteiger partial charge in [0.15, 0.2) is 0 Å². The van der Waals surface area contributed by atoms with Gasteiger partial charge < -0.3 is 10.4 Å². The average Bonchev–Trinajstić information content (AvgIpc) is 3.27. The number of likely N-dealkylation sites (tertiary alicyclic amines) is 1. The summed E-state index contributed by atoms with van der Waals surface area (Å²) in [6.45, 7) is 3.38. The van der Waals surface area contributed by atoms with Gasteiger partial charge in [0.05, 0.1) is 6.54 Å². The number of nitrogens with zero attached hydrogens (tertiary/aromatic N) is 4. The Morgan fingerprint density at radius 3 is 2.55 bits per heavy atom. The van der Waals surface area contributed by atoms with Crippen LogP contribution in [-0.2, 0) is 12.1 Å². The number of anilines is 1. The van der Waals surface area contributed by atoms with E-state index in [4.69, 9.17) is 0 Å². The van der Waals surface area contributed by atoms with Gasteiger partial charge in [-0.15, -0.1) is 0 Å². The molecule has 1 aliphatic rings. The first-order valence-electron chi connectivity index (χ1n) is 10.5. The van der Waals surface area contributed by atoms with Crippen LogP contribution in [0.4, 0.5) is 14.5 Å². The summed E-state index contributed by atoms with van der Waals surface area (Å²) < 4.78 is 29.7. The summed E-state index contributed by atoms with van der Waals surface area (Å²) in [6.07, 6.45) is 4.64. The number of para-hydroxylation sites is 1. The van der Waals surface area contributed by atoms with E-state index >= 15 is 0 Å². The fourth-order valence-electron chi connectivity index (χ4n) is 4.35. The van der Waals surface area contributed by atoms with E-state index < -0.39 is 23.3 Å². The maximum absolute atomic E-state index is 14.7. The topological polar surface area (TPSA) is 66.2 Å². The molecule has 2 aromatic carbocycles. The van der Waals surface area contributed by atoms with E-state index in [2.05, 4.69) is 20.3 Å². The van der Waals surface area contributed by atoms with Crippen molar-refractivity contribution < 1.29 is 13.9 Å². The molecule has 8 heteroatoms. The monoisotopic (exact) mass is 427 g/mol. The highest BCUT2D eigenvalue weighted by molar-refractivity contribution is 5.43. The molecular weight excluding hydrogens is 400 g/mol. The summed E-state index contributed by atoms with van der Waals surface area (Å²) in [7, 11) is 0. The van der Waals surface area contributed by atoms with Gasteiger partial charge in [-0.3, -0.25) is 4.90 Å². The van der Waals surface area contributed by atoms with Crippen LogP contribution >= 0.6 is 0 Å². The molecule has 1 aliphatic heterocycles. The molecule has 0 radical (unpaired) electrons. The first-order chi connectivity index (χ1) is 15.0. The van der Waals surface area contributed by atoms with Gasteiger partial charge >= 0.3 is 0 Å². The van der Waals surface area contributed by atoms with E-state index in [-0.39, 0.29) is 12.1 Å². The Morgan fingerprint density at radius 1 is 1.16 bits per heavy atom. The van der Waals surface area contributed by atoms with Crippen molar-refractivity contribution in [2.24, 2.45) is 0 Å². The molecule has 1 saturated heterocycles. The van der Waals surface area contributed by atoms with E-state index in [1.807, 2.05) is 37.3 Å². The van der Waals surface area contributed by atoms with Crippen molar-refractivity contribution in [3.8, 4) is 0 Å². The number of hydrogen-bond acceptors (Lipinski definition) is 5. The molecule has 0 saturated carbocycles. The van der Waals surface area contributed by atoms with Crippen LogP contribution in [0.25, 0.3) is 0 Å². The van der Waals surface area contributed by atoms with Crippen molar-refractivity contribution in [3.05, 3.63) is 78.4 Å². The summed E-state index contributed by atoms with van der Waals surface area (Å²) in [5.41, 5.74) is -0.461. The molecular formula is C23H27F2N5O. The molecule has 0 spiro atoms. The lowest BCUT2D eigenvalue weighted by molar-refractivity contribution is -0.0686. The first-order valence-corrected chi connectivity index (χ1v) is 10.5. The average molecular weight is 427 g/mol. The zero-order valence-corrected chi connectivity index (χ0v) is 17.5. The normalized spacial score (nSPS) is 18.5. The predicted octanol–water partition coefficient (Wildman–Crippen LogP) is 3.41. The summed E-state index contributed by atoms with van der Waals surface area (Å²) in [5, 5.41) is 19.4. The minimum absolute atomic E-state index is 0.0128. The molecule has 0 unspecified atom stereocenters. The molecule has 1 fully saturated rings. The van der Waals surface area contributed by atoms with Crippen molar-refractivity contribution in [2.75, 3.05) is 18.4 Å². The summed E-state index contributed by atoms with van der Waals surface area (Å²) in [4.78, 5) is 6.08. The second-order valence-corrected chi connectivity index (χ2v) is 8.14. The van der Waals surface area contributed by atoms with Crippen LogP contribution in [0.5, 0.6) is 0 Å². The number of halogens is 2. The molecule has 3 aromatic rings. The third-order valence-electron chi connectivity index (χ3n) is 6.18. The molecule has 0 bridgehead atoms. The van der Waals surface area contributed by atoms with Gasteiger partial charge in [0.2, 0.25) is 0 Å². The number of aliphatic hydroxyl groups is 1. The number of hydrogen-bond donors (Lipinski definition) is 2. The lowest BCUT2D eigenvalue weighted by atomic mass is 9.84. The number of rotatable bonds is 7. The zero-order valence-electron chi connectivity index (χ0n) is 17.5. The second-order valence-electron chi connectivity index (χ2n) is 8.14.